The van der Waals surface area contributed by atoms with Gasteiger partial charge in [0.25, 0.3) is 0 Å². The molecule has 1 N–H and O–H groups in total. The Balaban J connectivity index is 2.07. The van der Waals surface area contributed by atoms with Crippen molar-refractivity contribution in [1.29, 1.82) is 0 Å². The number of pyridine rings is 1. The molecule has 14 heavy (non-hydrogen) atoms. The van der Waals surface area contributed by atoms with Gasteiger partial charge in [-0.15, -0.1) is 0 Å². The van der Waals surface area contributed by atoms with Gasteiger partial charge in [0, 0.05) is 20.1 Å². The summed E-state index contributed by atoms with van der Waals surface area (Å²) in [5.41, 5.74) is 1.07. The maximum atomic E-state index is 4.44. The van der Waals surface area contributed by atoms with Crippen molar-refractivity contribution in [2.75, 3.05) is 30.4 Å². The molecule has 2 rings (SSSR count). The van der Waals surface area contributed by atoms with Crippen LogP contribution in [0.15, 0.2) is 18.3 Å². The number of anilines is 2. The van der Waals surface area contributed by atoms with Crippen LogP contribution < -0.4 is 10.2 Å². The number of nitrogens with one attached hydrogen (secondary N) is 1. The third kappa shape index (κ3) is 1.97. The fourth-order valence-corrected chi connectivity index (χ4v) is 1.84. The molecule has 1 aromatic rings. The summed E-state index contributed by atoms with van der Waals surface area (Å²) in [4.78, 5) is 6.80. The van der Waals surface area contributed by atoms with Crippen LogP contribution in [0.25, 0.3) is 0 Å². The molecule has 0 spiro atoms. The van der Waals surface area contributed by atoms with Crippen molar-refractivity contribution in [2.45, 2.75) is 19.3 Å². The summed E-state index contributed by atoms with van der Waals surface area (Å²) in [5, 5.41) is 3.08. The zero-order valence-corrected chi connectivity index (χ0v) is 8.66. The largest absolute Gasteiger partial charge is 0.387 e. The lowest BCUT2D eigenvalue weighted by atomic mass is 10.1. The molecule has 0 atom stereocenters. The van der Waals surface area contributed by atoms with E-state index >= 15 is 0 Å². The molecule has 0 amide bonds. The maximum absolute atomic E-state index is 4.44. The van der Waals surface area contributed by atoms with Crippen molar-refractivity contribution < 1.29 is 0 Å². The predicted molar refractivity (Wildman–Crippen MR) is 59.8 cm³/mol. The fraction of sp³-hybridized carbons (Fsp3) is 0.545. The van der Waals surface area contributed by atoms with Gasteiger partial charge in [0.15, 0.2) is 0 Å². The molecule has 2 heterocycles. The van der Waals surface area contributed by atoms with Gasteiger partial charge in [-0.2, -0.15) is 0 Å². The molecule has 76 valence electrons. The highest BCUT2D eigenvalue weighted by molar-refractivity contribution is 5.48. The zero-order chi connectivity index (χ0) is 9.80. The molecule has 1 aromatic heterocycles. The van der Waals surface area contributed by atoms with Gasteiger partial charge in [-0.1, -0.05) is 0 Å². The maximum Gasteiger partial charge on any atom is 0.128 e. The van der Waals surface area contributed by atoms with E-state index in [0.717, 1.165) is 24.6 Å². The number of rotatable bonds is 2. The van der Waals surface area contributed by atoms with E-state index in [-0.39, 0.29) is 0 Å². The van der Waals surface area contributed by atoms with E-state index in [1.807, 2.05) is 13.2 Å². The molecular weight excluding hydrogens is 174 g/mol. The average Bonchev–Trinajstić information content (AvgIpc) is 2.30. The summed E-state index contributed by atoms with van der Waals surface area (Å²) in [6.07, 6.45) is 5.86. The van der Waals surface area contributed by atoms with Crippen LogP contribution in [-0.2, 0) is 0 Å². The van der Waals surface area contributed by atoms with Crippen LogP contribution in [0.1, 0.15) is 19.3 Å². The van der Waals surface area contributed by atoms with Crippen molar-refractivity contribution in [3.8, 4) is 0 Å². The summed E-state index contributed by atoms with van der Waals surface area (Å²) < 4.78 is 0. The van der Waals surface area contributed by atoms with Gasteiger partial charge in [-0.3, -0.25) is 0 Å². The molecule has 0 aromatic carbocycles. The second kappa shape index (κ2) is 4.31. The minimum Gasteiger partial charge on any atom is -0.387 e. The van der Waals surface area contributed by atoms with E-state index in [1.54, 1.807) is 0 Å². The number of aromatic nitrogens is 1. The standard InChI is InChI=1S/C11H17N3/c1-12-10-5-6-11(13-9-10)14-7-3-2-4-8-14/h5-6,9,12H,2-4,7-8H2,1H3. The van der Waals surface area contributed by atoms with Gasteiger partial charge in [0.05, 0.1) is 11.9 Å². The first-order valence-electron chi connectivity index (χ1n) is 5.29. The van der Waals surface area contributed by atoms with Crippen LogP contribution >= 0.6 is 0 Å². The number of hydrogen-bond acceptors (Lipinski definition) is 3. The average molecular weight is 191 g/mol. The van der Waals surface area contributed by atoms with Crippen molar-refractivity contribution in [3.05, 3.63) is 18.3 Å². The van der Waals surface area contributed by atoms with Crippen molar-refractivity contribution in [1.82, 2.24) is 4.98 Å². The molecule has 0 unspecified atom stereocenters. The van der Waals surface area contributed by atoms with Crippen molar-refractivity contribution in [3.63, 3.8) is 0 Å². The molecule has 0 saturated carbocycles. The molecule has 1 fully saturated rings. The Morgan fingerprint density at radius 3 is 2.57 bits per heavy atom. The van der Waals surface area contributed by atoms with Gasteiger partial charge in [-0.05, 0) is 31.4 Å². The molecule has 0 radical (unpaired) electrons. The van der Waals surface area contributed by atoms with Crippen LogP contribution in [0.4, 0.5) is 11.5 Å². The van der Waals surface area contributed by atoms with Crippen LogP contribution in [0, 0.1) is 0 Å². The van der Waals surface area contributed by atoms with E-state index < -0.39 is 0 Å². The van der Waals surface area contributed by atoms with Gasteiger partial charge in [-0.25, -0.2) is 4.98 Å². The highest BCUT2D eigenvalue weighted by atomic mass is 15.2. The van der Waals surface area contributed by atoms with Gasteiger partial charge in [0.1, 0.15) is 5.82 Å². The van der Waals surface area contributed by atoms with Crippen molar-refractivity contribution in [2.24, 2.45) is 0 Å². The summed E-state index contributed by atoms with van der Waals surface area (Å²) in [7, 11) is 1.91. The lowest BCUT2D eigenvalue weighted by Crippen LogP contribution is -2.29. The van der Waals surface area contributed by atoms with Gasteiger partial charge < -0.3 is 10.2 Å². The normalized spacial score (nSPS) is 16.8. The number of hydrogen-bond donors (Lipinski definition) is 1. The molecule has 3 nitrogen and oxygen atoms in total. The first-order valence-corrected chi connectivity index (χ1v) is 5.29. The van der Waals surface area contributed by atoms with E-state index in [9.17, 15) is 0 Å². The Labute approximate surface area is 85.1 Å². The quantitative estimate of drug-likeness (QED) is 0.776. The van der Waals surface area contributed by atoms with Crippen molar-refractivity contribution >= 4 is 11.5 Å². The van der Waals surface area contributed by atoms with Crippen LogP contribution in [0.2, 0.25) is 0 Å². The Morgan fingerprint density at radius 1 is 1.21 bits per heavy atom. The molecule has 3 heteroatoms. The molecule has 0 aliphatic carbocycles. The van der Waals surface area contributed by atoms with E-state index in [1.165, 1.54) is 19.3 Å². The second-order valence-electron chi connectivity index (χ2n) is 3.70. The third-order valence-electron chi connectivity index (χ3n) is 2.72. The Kier molecular flexibility index (Phi) is 2.87. The fourth-order valence-electron chi connectivity index (χ4n) is 1.84. The Bertz CT molecular complexity index is 275. The smallest absolute Gasteiger partial charge is 0.128 e. The first kappa shape index (κ1) is 9.31. The van der Waals surface area contributed by atoms with Crippen LogP contribution in [0.3, 0.4) is 0 Å². The van der Waals surface area contributed by atoms with E-state index in [4.69, 9.17) is 0 Å². The summed E-state index contributed by atoms with van der Waals surface area (Å²) in [6.45, 7) is 2.32. The van der Waals surface area contributed by atoms with Gasteiger partial charge >= 0.3 is 0 Å². The lowest BCUT2D eigenvalue weighted by molar-refractivity contribution is 0.573. The van der Waals surface area contributed by atoms with E-state index in [0.29, 0.717) is 0 Å². The third-order valence-corrected chi connectivity index (χ3v) is 2.72. The monoisotopic (exact) mass is 191 g/mol. The number of nitrogens with zero attached hydrogens (tertiary/aromatic N) is 2. The highest BCUT2D eigenvalue weighted by Crippen LogP contribution is 2.18. The topological polar surface area (TPSA) is 28.2 Å². The Hall–Kier alpha value is -1.25. The molecule has 1 aliphatic rings. The predicted octanol–water partition coefficient (Wildman–Crippen LogP) is 2.11. The summed E-state index contributed by atoms with van der Waals surface area (Å²) in [5.74, 6) is 1.11. The lowest BCUT2D eigenvalue weighted by Gasteiger charge is -2.27. The molecule has 0 bridgehead atoms. The SMILES string of the molecule is CNc1ccc(N2CCCCC2)nc1. The molecular formula is C11H17N3. The van der Waals surface area contributed by atoms with Crippen LogP contribution in [-0.4, -0.2) is 25.1 Å². The van der Waals surface area contributed by atoms with Crippen LogP contribution in [0.5, 0.6) is 0 Å². The summed E-state index contributed by atoms with van der Waals surface area (Å²) >= 11 is 0. The number of piperidine rings is 1. The van der Waals surface area contributed by atoms with E-state index in [2.05, 4.69) is 27.3 Å². The summed E-state index contributed by atoms with van der Waals surface area (Å²) in [6, 6.07) is 4.17. The minimum absolute atomic E-state index is 1.07. The minimum atomic E-state index is 1.07. The van der Waals surface area contributed by atoms with Gasteiger partial charge in [0.2, 0.25) is 0 Å². The second-order valence-corrected chi connectivity index (χ2v) is 3.70. The first-order chi connectivity index (χ1) is 6.90. The highest BCUT2D eigenvalue weighted by Gasteiger charge is 2.11. The molecule has 1 aliphatic heterocycles. The zero-order valence-electron chi connectivity index (χ0n) is 8.66. The molecule has 1 saturated heterocycles. The Morgan fingerprint density at radius 2 is 2.00 bits per heavy atom.